The summed E-state index contributed by atoms with van der Waals surface area (Å²) in [6.07, 6.45) is 9.09. The number of nitrogens with two attached hydrogens (primary N) is 1. The van der Waals surface area contributed by atoms with Gasteiger partial charge in [0.1, 0.15) is 0 Å². The maximum atomic E-state index is 11.1. The summed E-state index contributed by atoms with van der Waals surface area (Å²) in [5.41, 5.74) is 6.22. The van der Waals surface area contributed by atoms with Crippen molar-refractivity contribution in [3.05, 3.63) is 12.2 Å². The first kappa shape index (κ1) is 6.70. The molecule has 2 heteroatoms. The van der Waals surface area contributed by atoms with Crippen LogP contribution in [0.3, 0.4) is 0 Å². The lowest BCUT2D eigenvalue weighted by Crippen LogP contribution is -2.45. The molecule has 64 valence electrons. The van der Waals surface area contributed by atoms with Crippen molar-refractivity contribution in [2.24, 2.45) is 22.5 Å². The zero-order valence-corrected chi connectivity index (χ0v) is 7.05. The van der Waals surface area contributed by atoms with Crippen LogP contribution in [-0.4, -0.2) is 5.91 Å². The third kappa shape index (κ3) is 0.473. The number of hydrogen-bond donors (Lipinski definition) is 1. The summed E-state index contributed by atoms with van der Waals surface area (Å²) in [6, 6.07) is 0. The molecule has 3 unspecified atom stereocenters. The second kappa shape index (κ2) is 1.61. The second-order valence-corrected chi connectivity index (χ2v) is 4.65. The molecule has 12 heavy (non-hydrogen) atoms. The van der Waals surface area contributed by atoms with Crippen molar-refractivity contribution in [2.45, 2.75) is 25.7 Å². The molecule has 1 amide bonds. The van der Waals surface area contributed by atoms with Crippen LogP contribution in [0.2, 0.25) is 0 Å². The average molecular weight is 163 g/mol. The van der Waals surface area contributed by atoms with E-state index in [4.69, 9.17) is 5.73 Å². The van der Waals surface area contributed by atoms with Gasteiger partial charge in [-0.3, -0.25) is 4.79 Å². The zero-order chi connectivity index (χ0) is 8.40. The van der Waals surface area contributed by atoms with Crippen LogP contribution < -0.4 is 5.73 Å². The highest BCUT2D eigenvalue weighted by molar-refractivity contribution is 5.81. The summed E-state index contributed by atoms with van der Waals surface area (Å²) in [5.74, 6) is 0.126. The van der Waals surface area contributed by atoms with Crippen LogP contribution in [0, 0.1) is 16.7 Å². The minimum Gasteiger partial charge on any atom is -0.369 e. The molecule has 0 radical (unpaired) electrons. The molecule has 3 atom stereocenters. The first-order valence-electron chi connectivity index (χ1n) is 4.65. The first-order chi connectivity index (χ1) is 5.70. The number of hydrogen-bond acceptors (Lipinski definition) is 1. The molecule has 3 aliphatic rings. The van der Waals surface area contributed by atoms with E-state index in [0.717, 1.165) is 12.8 Å². The number of rotatable bonds is 1. The summed E-state index contributed by atoms with van der Waals surface area (Å²) in [7, 11) is 0. The van der Waals surface area contributed by atoms with Crippen molar-refractivity contribution >= 4 is 5.91 Å². The molecule has 0 aromatic heterocycles. The third-order valence-electron chi connectivity index (χ3n) is 4.35. The van der Waals surface area contributed by atoms with E-state index in [9.17, 15) is 4.79 Å². The van der Waals surface area contributed by atoms with Crippen LogP contribution >= 0.6 is 0 Å². The molecular weight excluding hydrogens is 150 g/mol. The number of allylic oxidation sites excluding steroid dienone is 2. The predicted molar refractivity (Wildman–Crippen MR) is 45.2 cm³/mol. The molecule has 3 rings (SSSR count). The lowest BCUT2D eigenvalue weighted by Gasteiger charge is -2.43. The molecule has 0 aliphatic heterocycles. The van der Waals surface area contributed by atoms with Gasteiger partial charge in [0.25, 0.3) is 0 Å². The maximum absolute atomic E-state index is 11.1. The molecule has 2 fully saturated rings. The van der Waals surface area contributed by atoms with Crippen LogP contribution in [0.25, 0.3) is 0 Å². The topological polar surface area (TPSA) is 43.1 Å². The molecule has 0 aromatic carbocycles. The van der Waals surface area contributed by atoms with Gasteiger partial charge in [-0.05, 0) is 36.5 Å². The first-order valence-corrected chi connectivity index (χ1v) is 4.65. The molecule has 0 saturated heterocycles. The van der Waals surface area contributed by atoms with Crippen LogP contribution in [0.1, 0.15) is 25.7 Å². The summed E-state index contributed by atoms with van der Waals surface area (Å²) in [4.78, 5) is 11.1. The van der Waals surface area contributed by atoms with Crippen molar-refractivity contribution in [2.75, 3.05) is 0 Å². The van der Waals surface area contributed by atoms with Gasteiger partial charge in [-0.1, -0.05) is 12.2 Å². The van der Waals surface area contributed by atoms with E-state index in [-0.39, 0.29) is 11.8 Å². The largest absolute Gasteiger partial charge is 0.369 e. The Morgan fingerprint density at radius 3 is 2.83 bits per heavy atom. The quantitative estimate of drug-likeness (QED) is 0.580. The highest BCUT2D eigenvalue weighted by Gasteiger charge is 2.79. The van der Waals surface area contributed by atoms with E-state index in [1.54, 1.807) is 0 Å². The smallest absolute Gasteiger partial charge is 0.221 e. The van der Waals surface area contributed by atoms with Gasteiger partial charge in [0.2, 0.25) is 5.91 Å². The van der Waals surface area contributed by atoms with Crippen LogP contribution in [-0.2, 0) is 4.79 Å². The SMILES string of the molecule is NC(=O)C1CC23CC=CCC12C3. The third-order valence-corrected chi connectivity index (χ3v) is 4.35. The Kier molecular flexibility index (Phi) is 0.897. The Balaban J connectivity index is 1.93. The predicted octanol–water partition coefficient (Wildman–Crippen LogP) is 1.22. The number of primary amides is 1. The van der Waals surface area contributed by atoms with Crippen molar-refractivity contribution < 1.29 is 4.79 Å². The molecule has 0 heterocycles. The Morgan fingerprint density at radius 1 is 1.42 bits per heavy atom. The van der Waals surface area contributed by atoms with E-state index in [2.05, 4.69) is 12.2 Å². The van der Waals surface area contributed by atoms with Gasteiger partial charge < -0.3 is 5.73 Å². The fourth-order valence-corrected chi connectivity index (χ4v) is 3.55. The molecule has 0 spiro atoms. The van der Waals surface area contributed by atoms with E-state index in [1.165, 1.54) is 12.8 Å². The highest BCUT2D eigenvalue weighted by atomic mass is 16.1. The summed E-state index contributed by atoms with van der Waals surface area (Å²) in [6.45, 7) is 0. The van der Waals surface area contributed by atoms with Gasteiger partial charge in [0, 0.05) is 5.92 Å². The molecule has 3 aliphatic carbocycles. The maximum Gasteiger partial charge on any atom is 0.221 e. The standard InChI is InChI=1S/C10H13NO/c11-8(12)7-5-9-3-1-2-4-10(7,9)6-9/h1-2,7H,3-6H2,(H2,11,12). The minimum atomic E-state index is -0.0709. The van der Waals surface area contributed by atoms with Gasteiger partial charge in [0.15, 0.2) is 0 Å². The van der Waals surface area contributed by atoms with Crippen LogP contribution in [0.4, 0.5) is 0 Å². The van der Waals surface area contributed by atoms with E-state index >= 15 is 0 Å². The number of amides is 1. The lowest BCUT2D eigenvalue weighted by molar-refractivity contribution is -0.130. The summed E-state index contributed by atoms with van der Waals surface area (Å²) < 4.78 is 0. The monoisotopic (exact) mass is 163 g/mol. The van der Waals surface area contributed by atoms with Gasteiger partial charge in [-0.25, -0.2) is 0 Å². The molecule has 0 aromatic rings. The van der Waals surface area contributed by atoms with Crippen molar-refractivity contribution in [1.82, 2.24) is 0 Å². The Hall–Kier alpha value is -0.790. The second-order valence-electron chi connectivity index (χ2n) is 4.65. The summed E-state index contributed by atoms with van der Waals surface area (Å²) >= 11 is 0. The zero-order valence-electron chi connectivity index (χ0n) is 7.05. The highest BCUT2D eigenvalue weighted by Crippen LogP contribution is 2.84. The normalized spacial score (nSPS) is 53.5. The van der Waals surface area contributed by atoms with Crippen molar-refractivity contribution in [3.8, 4) is 0 Å². The molecule has 2 saturated carbocycles. The van der Waals surface area contributed by atoms with Gasteiger partial charge in [0.05, 0.1) is 0 Å². The number of carbonyl (C=O) groups excluding carboxylic acids is 1. The molecule has 2 N–H and O–H groups in total. The van der Waals surface area contributed by atoms with Crippen LogP contribution in [0.15, 0.2) is 12.2 Å². The van der Waals surface area contributed by atoms with Crippen molar-refractivity contribution in [1.29, 1.82) is 0 Å². The van der Waals surface area contributed by atoms with E-state index in [1.807, 2.05) is 0 Å². The van der Waals surface area contributed by atoms with Gasteiger partial charge >= 0.3 is 0 Å². The van der Waals surface area contributed by atoms with Gasteiger partial charge in [-0.15, -0.1) is 0 Å². The average Bonchev–Trinajstić information content (AvgIpc) is 2.57. The molecular formula is C10H13NO. The fraction of sp³-hybridized carbons (Fsp3) is 0.700. The Labute approximate surface area is 71.8 Å². The Bertz CT molecular complexity index is 296. The van der Waals surface area contributed by atoms with Crippen LogP contribution in [0.5, 0.6) is 0 Å². The van der Waals surface area contributed by atoms with E-state index < -0.39 is 0 Å². The summed E-state index contributed by atoms with van der Waals surface area (Å²) in [5, 5.41) is 0. The lowest BCUT2D eigenvalue weighted by atomic mass is 9.60. The fourth-order valence-electron chi connectivity index (χ4n) is 3.55. The minimum absolute atomic E-state index is 0.0709. The van der Waals surface area contributed by atoms with Crippen molar-refractivity contribution in [3.63, 3.8) is 0 Å². The Morgan fingerprint density at radius 2 is 2.17 bits per heavy atom. The molecule has 0 bridgehead atoms. The molecule has 2 nitrogen and oxygen atoms in total. The van der Waals surface area contributed by atoms with Gasteiger partial charge in [-0.2, -0.15) is 0 Å². The number of carbonyl (C=O) groups is 1. The van der Waals surface area contributed by atoms with E-state index in [0.29, 0.717) is 10.8 Å².